The summed E-state index contributed by atoms with van der Waals surface area (Å²) in [5, 5.41) is 3.03. The summed E-state index contributed by atoms with van der Waals surface area (Å²) in [6.07, 6.45) is 0.647. The highest BCUT2D eigenvalue weighted by atomic mass is 16.5. The SMILES string of the molecule is COc1ccc(C2CC(C(=O)NCCn3c(C)nc4ccccc43)NN2)cc1OC. The number of para-hydroxylation sites is 2. The molecule has 4 rings (SSSR count). The molecule has 30 heavy (non-hydrogen) atoms. The van der Waals surface area contributed by atoms with Crippen LogP contribution in [0.25, 0.3) is 11.0 Å². The van der Waals surface area contributed by atoms with Gasteiger partial charge >= 0.3 is 0 Å². The quantitative estimate of drug-likeness (QED) is 0.554. The van der Waals surface area contributed by atoms with E-state index >= 15 is 0 Å². The summed E-state index contributed by atoms with van der Waals surface area (Å²) < 4.78 is 12.8. The zero-order valence-electron chi connectivity index (χ0n) is 17.4. The minimum atomic E-state index is -0.302. The number of imidazole rings is 1. The molecule has 8 heteroatoms. The molecule has 0 spiro atoms. The summed E-state index contributed by atoms with van der Waals surface area (Å²) in [5.41, 5.74) is 9.40. The van der Waals surface area contributed by atoms with Crippen LogP contribution in [0.4, 0.5) is 0 Å². The van der Waals surface area contributed by atoms with Crippen molar-refractivity contribution in [2.75, 3.05) is 20.8 Å². The van der Waals surface area contributed by atoms with Crippen molar-refractivity contribution < 1.29 is 14.3 Å². The highest BCUT2D eigenvalue weighted by Crippen LogP contribution is 2.32. The Hall–Kier alpha value is -3.10. The van der Waals surface area contributed by atoms with E-state index in [2.05, 4.69) is 25.7 Å². The third kappa shape index (κ3) is 3.96. The Kier molecular flexibility index (Phi) is 5.87. The number of nitrogens with one attached hydrogen (secondary N) is 3. The molecule has 0 saturated carbocycles. The van der Waals surface area contributed by atoms with Gasteiger partial charge in [0.2, 0.25) is 5.91 Å². The molecular formula is C22H27N5O3. The molecule has 2 atom stereocenters. The molecule has 1 aliphatic rings. The first-order valence-corrected chi connectivity index (χ1v) is 10.0. The highest BCUT2D eigenvalue weighted by molar-refractivity contribution is 5.82. The Morgan fingerprint density at radius 3 is 2.77 bits per heavy atom. The molecule has 8 nitrogen and oxygen atoms in total. The van der Waals surface area contributed by atoms with E-state index in [1.807, 2.05) is 49.4 Å². The largest absolute Gasteiger partial charge is 0.493 e. The van der Waals surface area contributed by atoms with Crippen molar-refractivity contribution in [3.63, 3.8) is 0 Å². The third-order valence-corrected chi connectivity index (χ3v) is 5.51. The minimum absolute atomic E-state index is 0.0143. The van der Waals surface area contributed by atoms with Crippen molar-refractivity contribution >= 4 is 16.9 Å². The van der Waals surface area contributed by atoms with Crippen LogP contribution in [-0.2, 0) is 11.3 Å². The van der Waals surface area contributed by atoms with Crippen LogP contribution in [0.5, 0.6) is 11.5 Å². The summed E-state index contributed by atoms with van der Waals surface area (Å²) in [7, 11) is 3.23. The van der Waals surface area contributed by atoms with E-state index in [9.17, 15) is 4.79 Å². The van der Waals surface area contributed by atoms with Gasteiger partial charge < -0.3 is 19.4 Å². The number of carbonyl (C=O) groups excluding carboxylic acids is 1. The first kappa shape index (κ1) is 20.2. The summed E-state index contributed by atoms with van der Waals surface area (Å²) in [6.45, 7) is 3.20. The Morgan fingerprint density at radius 1 is 1.17 bits per heavy atom. The number of hydrogen-bond acceptors (Lipinski definition) is 6. The van der Waals surface area contributed by atoms with Gasteiger partial charge in [-0.2, -0.15) is 0 Å². The predicted molar refractivity (Wildman–Crippen MR) is 114 cm³/mol. The fourth-order valence-corrected chi connectivity index (χ4v) is 3.91. The second-order valence-electron chi connectivity index (χ2n) is 7.33. The van der Waals surface area contributed by atoms with E-state index in [4.69, 9.17) is 9.47 Å². The lowest BCUT2D eigenvalue weighted by atomic mass is 10.0. The Labute approximate surface area is 175 Å². The van der Waals surface area contributed by atoms with Gasteiger partial charge in [-0.25, -0.2) is 15.8 Å². The molecule has 158 valence electrons. The van der Waals surface area contributed by atoms with Crippen LogP contribution < -0.4 is 25.6 Å². The lowest BCUT2D eigenvalue weighted by Gasteiger charge is -2.14. The van der Waals surface area contributed by atoms with Gasteiger partial charge in [-0.05, 0) is 43.2 Å². The molecule has 0 radical (unpaired) electrons. The van der Waals surface area contributed by atoms with E-state index in [1.165, 1.54) is 0 Å². The molecule has 0 aliphatic carbocycles. The first-order valence-electron chi connectivity index (χ1n) is 10.0. The third-order valence-electron chi connectivity index (χ3n) is 5.51. The zero-order valence-corrected chi connectivity index (χ0v) is 17.4. The maximum absolute atomic E-state index is 12.6. The smallest absolute Gasteiger partial charge is 0.238 e. The van der Waals surface area contributed by atoms with Gasteiger partial charge in [0, 0.05) is 19.1 Å². The summed E-state index contributed by atoms with van der Waals surface area (Å²) >= 11 is 0. The van der Waals surface area contributed by atoms with Gasteiger partial charge in [-0.3, -0.25) is 4.79 Å². The second kappa shape index (κ2) is 8.73. The number of rotatable bonds is 7. The standard InChI is InChI=1S/C22H27N5O3/c1-14-24-16-6-4-5-7-19(16)27(14)11-10-23-22(28)18-13-17(25-26-18)15-8-9-20(29-2)21(12-15)30-3/h4-9,12,17-18,25-26H,10-11,13H2,1-3H3,(H,23,28). The Bertz CT molecular complexity index is 1050. The average molecular weight is 409 g/mol. The van der Waals surface area contributed by atoms with Crippen LogP contribution in [0.15, 0.2) is 42.5 Å². The molecule has 1 amide bonds. The van der Waals surface area contributed by atoms with Crippen molar-refractivity contribution in [1.82, 2.24) is 25.7 Å². The molecule has 1 saturated heterocycles. The van der Waals surface area contributed by atoms with Crippen molar-refractivity contribution in [3.8, 4) is 11.5 Å². The van der Waals surface area contributed by atoms with Crippen LogP contribution >= 0.6 is 0 Å². The molecule has 1 aliphatic heterocycles. The van der Waals surface area contributed by atoms with Gasteiger partial charge in [0.25, 0.3) is 0 Å². The molecular weight excluding hydrogens is 382 g/mol. The summed E-state index contributed by atoms with van der Waals surface area (Å²) in [4.78, 5) is 17.2. The minimum Gasteiger partial charge on any atom is -0.493 e. The number of hydrazine groups is 1. The number of ether oxygens (including phenoxy) is 2. The molecule has 1 fully saturated rings. The Morgan fingerprint density at radius 2 is 1.97 bits per heavy atom. The fraction of sp³-hybridized carbons (Fsp3) is 0.364. The molecule has 3 aromatic rings. The lowest BCUT2D eigenvalue weighted by molar-refractivity contribution is -0.122. The maximum Gasteiger partial charge on any atom is 0.238 e. The summed E-state index contributed by atoms with van der Waals surface area (Å²) in [6, 6.07) is 13.5. The van der Waals surface area contributed by atoms with Crippen LogP contribution in [0.2, 0.25) is 0 Å². The topological polar surface area (TPSA) is 89.4 Å². The predicted octanol–water partition coefficient (Wildman–Crippen LogP) is 2.09. The number of carbonyl (C=O) groups is 1. The molecule has 2 heterocycles. The van der Waals surface area contributed by atoms with E-state index in [1.54, 1.807) is 14.2 Å². The van der Waals surface area contributed by atoms with Crippen molar-refractivity contribution in [2.24, 2.45) is 0 Å². The molecule has 3 N–H and O–H groups in total. The van der Waals surface area contributed by atoms with Crippen LogP contribution in [-0.4, -0.2) is 42.3 Å². The highest BCUT2D eigenvalue weighted by Gasteiger charge is 2.30. The Balaban J connectivity index is 1.33. The van der Waals surface area contributed by atoms with E-state index in [0.717, 1.165) is 22.4 Å². The first-order chi connectivity index (χ1) is 14.6. The van der Waals surface area contributed by atoms with Gasteiger partial charge in [0.15, 0.2) is 11.5 Å². The average Bonchev–Trinajstić information content (AvgIpc) is 3.38. The number of amides is 1. The molecule has 0 bridgehead atoms. The number of nitrogens with zero attached hydrogens (tertiary/aromatic N) is 2. The van der Waals surface area contributed by atoms with Crippen LogP contribution in [0.3, 0.4) is 0 Å². The van der Waals surface area contributed by atoms with Crippen molar-refractivity contribution in [2.45, 2.75) is 32.0 Å². The van der Waals surface area contributed by atoms with Gasteiger partial charge in [-0.1, -0.05) is 18.2 Å². The molecule has 2 aromatic carbocycles. The lowest BCUT2D eigenvalue weighted by Crippen LogP contribution is -2.44. The second-order valence-corrected chi connectivity index (χ2v) is 7.33. The zero-order chi connectivity index (χ0) is 21.1. The van der Waals surface area contributed by atoms with Gasteiger partial charge in [-0.15, -0.1) is 0 Å². The number of fused-ring (bicyclic) bond motifs is 1. The summed E-state index contributed by atoms with van der Waals surface area (Å²) in [5.74, 6) is 2.28. The van der Waals surface area contributed by atoms with Crippen LogP contribution in [0.1, 0.15) is 23.9 Å². The van der Waals surface area contributed by atoms with Crippen molar-refractivity contribution in [1.29, 1.82) is 0 Å². The molecule has 2 unspecified atom stereocenters. The number of hydrogen-bond donors (Lipinski definition) is 3. The van der Waals surface area contributed by atoms with Crippen molar-refractivity contribution in [3.05, 3.63) is 53.9 Å². The normalized spacial score (nSPS) is 18.5. The van der Waals surface area contributed by atoms with Crippen LogP contribution in [0, 0.1) is 6.92 Å². The number of methoxy groups -OCH3 is 2. The monoisotopic (exact) mass is 409 g/mol. The number of benzene rings is 2. The molecule has 1 aromatic heterocycles. The fourth-order valence-electron chi connectivity index (χ4n) is 3.91. The van der Waals surface area contributed by atoms with E-state index in [0.29, 0.717) is 31.0 Å². The van der Waals surface area contributed by atoms with Gasteiger partial charge in [0.1, 0.15) is 11.9 Å². The number of aromatic nitrogens is 2. The van der Waals surface area contributed by atoms with E-state index in [-0.39, 0.29) is 18.0 Å². The number of aryl methyl sites for hydroxylation is 1. The van der Waals surface area contributed by atoms with E-state index < -0.39 is 0 Å². The van der Waals surface area contributed by atoms with Gasteiger partial charge in [0.05, 0.1) is 25.3 Å². The maximum atomic E-state index is 12.6.